The van der Waals surface area contributed by atoms with E-state index < -0.39 is 6.04 Å². The second-order valence-electron chi connectivity index (χ2n) is 4.15. The molecule has 1 aromatic heterocycles. The summed E-state index contributed by atoms with van der Waals surface area (Å²) in [6.07, 6.45) is 1.43. The molecule has 0 aliphatic rings. The molecule has 2 rings (SSSR count). The lowest BCUT2D eigenvalue weighted by molar-refractivity contribution is 0.518. The van der Waals surface area contributed by atoms with Gasteiger partial charge in [-0.25, -0.2) is 9.37 Å². The molecule has 0 amide bonds. The van der Waals surface area contributed by atoms with Crippen LogP contribution < -0.4 is 11.3 Å². The van der Waals surface area contributed by atoms with Gasteiger partial charge in [0, 0.05) is 23.9 Å². The van der Waals surface area contributed by atoms with Gasteiger partial charge in [0.15, 0.2) is 0 Å². The lowest BCUT2D eigenvalue weighted by atomic mass is 10.1. The van der Waals surface area contributed by atoms with Gasteiger partial charge < -0.3 is 5.73 Å². The van der Waals surface area contributed by atoms with Crippen molar-refractivity contribution >= 4 is 0 Å². The standard InChI is InChI=1S/C13H14FN3O/c1-9-6-13(18)17(8-16-9)7-12(15)10-4-2-3-5-11(10)14/h2-6,8,12H,7,15H2,1H3. The third-order valence-corrected chi connectivity index (χ3v) is 2.71. The molecule has 5 heteroatoms. The van der Waals surface area contributed by atoms with Gasteiger partial charge in [-0.1, -0.05) is 18.2 Å². The predicted octanol–water partition coefficient (Wildman–Crippen LogP) is 1.39. The summed E-state index contributed by atoms with van der Waals surface area (Å²) in [5.41, 5.74) is 6.76. The summed E-state index contributed by atoms with van der Waals surface area (Å²) in [5.74, 6) is -0.363. The second-order valence-corrected chi connectivity index (χ2v) is 4.15. The molecule has 0 saturated carbocycles. The van der Waals surface area contributed by atoms with E-state index in [1.165, 1.54) is 23.0 Å². The zero-order chi connectivity index (χ0) is 13.1. The molecule has 1 unspecified atom stereocenters. The maximum absolute atomic E-state index is 13.5. The highest BCUT2D eigenvalue weighted by Gasteiger charge is 2.12. The highest BCUT2D eigenvalue weighted by molar-refractivity contribution is 5.20. The first-order valence-electron chi connectivity index (χ1n) is 5.61. The molecular formula is C13H14FN3O. The molecule has 0 bridgehead atoms. The zero-order valence-corrected chi connectivity index (χ0v) is 10.0. The van der Waals surface area contributed by atoms with Crippen molar-refractivity contribution in [3.8, 4) is 0 Å². The van der Waals surface area contributed by atoms with Crippen LogP contribution in [0.1, 0.15) is 17.3 Å². The summed E-state index contributed by atoms with van der Waals surface area (Å²) in [4.78, 5) is 15.7. The SMILES string of the molecule is Cc1cc(=O)n(CC(N)c2ccccc2F)cn1. The van der Waals surface area contributed by atoms with Crippen LogP contribution in [-0.2, 0) is 6.54 Å². The normalized spacial score (nSPS) is 12.4. The number of aromatic nitrogens is 2. The average Bonchev–Trinajstić information content (AvgIpc) is 2.33. The molecule has 94 valence electrons. The van der Waals surface area contributed by atoms with Gasteiger partial charge in [0.05, 0.1) is 12.4 Å². The topological polar surface area (TPSA) is 60.9 Å². The number of aryl methyl sites for hydroxylation is 1. The Morgan fingerprint density at radius 3 is 2.83 bits per heavy atom. The fourth-order valence-corrected chi connectivity index (χ4v) is 1.74. The van der Waals surface area contributed by atoms with E-state index in [2.05, 4.69) is 4.98 Å². The summed E-state index contributed by atoms with van der Waals surface area (Å²) in [5, 5.41) is 0. The Hall–Kier alpha value is -2.01. The maximum atomic E-state index is 13.5. The van der Waals surface area contributed by atoms with Gasteiger partial charge in [0.25, 0.3) is 5.56 Å². The number of nitrogens with two attached hydrogens (primary N) is 1. The minimum Gasteiger partial charge on any atom is -0.322 e. The Morgan fingerprint density at radius 2 is 2.17 bits per heavy atom. The van der Waals surface area contributed by atoms with E-state index in [1.807, 2.05) is 0 Å². The summed E-state index contributed by atoms with van der Waals surface area (Å²) in [6.45, 7) is 1.94. The summed E-state index contributed by atoms with van der Waals surface area (Å²) in [7, 11) is 0. The van der Waals surface area contributed by atoms with Crippen molar-refractivity contribution in [3.05, 3.63) is 64.1 Å². The van der Waals surface area contributed by atoms with E-state index >= 15 is 0 Å². The number of hydrogen-bond acceptors (Lipinski definition) is 3. The maximum Gasteiger partial charge on any atom is 0.253 e. The number of hydrogen-bond donors (Lipinski definition) is 1. The third kappa shape index (κ3) is 2.62. The van der Waals surface area contributed by atoms with Crippen LogP contribution in [0, 0.1) is 12.7 Å². The lowest BCUT2D eigenvalue weighted by Gasteiger charge is -2.14. The minimum absolute atomic E-state index is 0.186. The van der Waals surface area contributed by atoms with Crippen molar-refractivity contribution in [1.82, 2.24) is 9.55 Å². The Kier molecular flexibility index (Phi) is 3.53. The van der Waals surface area contributed by atoms with E-state index in [0.29, 0.717) is 11.3 Å². The molecule has 0 aliphatic carbocycles. The van der Waals surface area contributed by atoms with E-state index in [1.54, 1.807) is 25.1 Å². The molecule has 1 aromatic carbocycles. The van der Waals surface area contributed by atoms with Crippen LogP contribution >= 0.6 is 0 Å². The van der Waals surface area contributed by atoms with Crippen molar-refractivity contribution in [2.75, 3.05) is 0 Å². The van der Waals surface area contributed by atoms with Crippen LogP contribution in [0.15, 0.2) is 41.5 Å². The summed E-state index contributed by atoms with van der Waals surface area (Å²) in [6, 6.07) is 7.14. The van der Waals surface area contributed by atoms with Gasteiger partial charge in [0.1, 0.15) is 5.82 Å². The fourth-order valence-electron chi connectivity index (χ4n) is 1.74. The molecule has 2 aromatic rings. The van der Waals surface area contributed by atoms with Crippen molar-refractivity contribution < 1.29 is 4.39 Å². The van der Waals surface area contributed by atoms with Crippen LogP contribution in [0.3, 0.4) is 0 Å². The van der Waals surface area contributed by atoms with Crippen LogP contribution in [0.25, 0.3) is 0 Å². The smallest absolute Gasteiger partial charge is 0.253 e. The molecular weight excluding hydrogens is 233 g/mol. The summed E-state index contributed by atoms with van der Waals surface area (Å²) >= 11 is 0. The van der Waals surface area contributed by atoms with E-state index in [0.717, 1.165) is 0 Å². The number of rotatable bonds is 3. The molecule has 1 atom stereocenters. The highest BCUT2D eigenvalue weighted by atomic mass is 19.1. The van der Waals surface area contributed by atoms with E-state index in [9.17, 15) is 9.18 Å². The third-order valence-electron chi connectivity index (χ3n) is 2.71. The molecule has 1 heterocycles. The van der Waals surface area contributed by atoms with Crippen molar-refractivity contribution in [2.45, 2.75) is 19.5 Å². The largest absolute Gasteiger partial charge is 0.322 e. The van der Waals surface area contributed by atoms with Crippen LogP contribution in [0.2, 0.25) is 0 Å². The monoisotopic (exact) mass is 247 g/mol. The van der Waals surface area contributed by atoms with E-state index in [-0.39, 0.29) is 17.9 Å². The minimum atomic E-state index is -0.576. The zero-order valence-electron chi connectivity index (χ0n) is 10.0. The Labute approximate surface area is 104 Å². The second kappa shape index (κ2) is 5.10. The van der Waals surface area contributed by atoms with Crippen molar-refractivity contribution in [2.24, 2.45) is 5.73 Å². The molecule has 0 fully saturated rings. The first-order valence-corrected chi connectivity index (χ1v) is 5.61. The van der Waals surface area contributed by atoms with Crippen molar-refractivity contribution in [1.29, 1.82) is 0 Å². The van der Waals surface area contributed by atoms with Crippen LogP contribution in [0.4, 0.5) is 4.39 Å². The number of nitrogens with zero attached hydrogens (tertiary/aromatic N) is 2. The Balaban J connectivity index is 2.24. The Morgan fingerprint density at radius 1 is 1.44 bits per heavy atom. The number of halogens is 1. The molecule has 0 saturated heterocycles. The van der Waals surface area contributed by atoms with Gasteiger partial charge in [-0.05, 0) is 13.0 Å². The quantitative estimate of drug-likeness (QED) is 0.891. The molecule has 0 spiro atoms. The molecule has 2 N–H and O–H groups in total. The fraction of sp³-hybridized carbons (Fsp3) is 0.231. The Bertz CT molecular complexity index is 609. The van der Waals surface area contributed by atoms with Gasteiger partial charge in [-0.15, -0.1) is 0 Å². The molecule has 0 radical (unpaired) electrons. The average molecular weight is 247 g/mol. The van der Waals surface area contributed by atoms with E-state index in [4.69, 9.17) is 5.73 Å². The van der Waals surface area contributed by atoms with Crippen molar-refractivity contribution in [3.63, 3.8) is 0 Å². The first kappa shape index (κ1) is 12.4. The van der Waals surface area contributed by atoms with Gasteiger partial charge >= 0.3 is 0 Å². The van der Waals surface area contributed by atoms with Crippen LogP contribution in [0.5, 0.6) is 0 Å². The number of benzene rings is 1. The predicted molar refractivity (Wildman–Crippen MR) is 66.6 cm³/mol. The van der Waals surface area contributed by atoms with Gasteiger partial charge in [0.2, 0.25) is 0 Å². The first-order chi connectivity index (χ1) is 8.58. The lowest BCUT2D eigenvalue weighted by Crippen LogP contribution is -2.27. The highest BCUT2D eigenvalue weighted by Crippen LogP contribution is 2.15. The molecule has 4 nitrogen and oxygen atoms in total. The summed E-state index contributed by atoms with van der Waals surface area (Å²) < 4.78 is 14.9. The molecule has 18 heavy (non-hydrogen) atoms. The van der Waals surface area contributed by atoms with Gasteiger partial charge in [-0.3, -0.25) is 9.36 Å². The van der Waals surface area contributed by atoms with Gasteiger partial charge in [-0.2, -0.15) is 0 Å². The molecule has 0 aliphatic heterocycles. The van der Waals surface area contributed by atoms with Crippen LogP contribution in [-0.4, -0.2) is 9.55 Å².